The minimum absolute atomic E-state index is 0.393. The standard InChI is InChI=1S/C27H20BrN3/c1-19-14-25(18-31-27(19)28)26-23(11-10-20-6-3-2-4-7-20)16-24(17-30-26)22-9-5-8-21(15-22)12-13-29/h2-11,14-18H,12H2,1H3. The first-order chi connectivity index (χ1) is 15.1. The summed E-state index contributed by atoms with van der Waals surface area (Å²) in [5.41, 5.74) is 8.11. The molecular formula is C27H20BrN3. The van der Waals surface area contributed by atoms with Crippen LogP contribution in [0.5, 0.6) is 0 Å². The second kappa shape index (κ2) is 9.51. The Bertz CT molecular complexity index is 1290. The van der Waals surface area contributed by atoms with Crippen LogP contribution < -0.4 is 0 Å². The molecule has 0 aliphatic rings. The lowest BCUT2D eigenvalue weighted by molar-refractivity contribution is 1.20. The van der Waals surface area contributed by atoms with Crippen molar-refractivity contribution in [2.75, 3.05) is 0 Å². The molecule has 0 saturated carbocycles. The van der Waals surface area contributed by atoms with Crippen molar-refractivity contribution in [2.24, 2.45) is 0 Å². The molecule has 2 aromatic heterocycles. The summed E-state index contributed by atoms with van der Waals surface area (Å²) in [5.74, 6) is 0. The van der Waals surface area contributed by atoms with E-state index in [1.165, 1.54) is 0 Å². The summed E-state index contributed by atoms with van der Waals surface area (Å²) < 4.78 is 0.837. The van der Waals surface area contributed by atoms with Crippen molar-refractivity contribution < 1.29 is 0 Å². The van der Waals surface area contributed by atoms with Gasteiger partial charge in [0.2, 0.25) is 0 Å². The van der Waals surface area contributed by atoms with Gasteiger partial charge in [0, 0.05) is 29.1 Å². The van der Waals surface area contributed by atoms with Crippen LogP contribution in [0.4, 0.5) is 0 Å². The van der Waals surface area contributed by atoms with Crippen LogP contribution in [0.1, 0.15) is 22.3 Å². The highest BCUT2D eigenvalue weighted by Gasteiger charge is 2.10. The number of halogens is 1. The van der Waals surface area contributed by atoms with E-state index < -0.39 is 0 Å². The third-order valence-corrected chi connectivity index (χ3v) is 5.83. The number of aryl methyl sites for hydroxylation is 1. The Morgan fingerprint density at radius 1 is 0.871 bits per heavy atom. The molecule has 3 nitrogen and oxygen atoms in total. The quantitative estimate of drug-likeness (QED) is 0.294. The second-order valence-electron chi connectivity index (χ2n) is 7.27. The summed E-state index contributed by atoms with van der Waals surface area (Å²) in [6, 6.07) is 24.7. The minimum atomic E-state index is 0.393. The molecule has 0 radical (unpaired) electrons. The Labute approximate surface area is 190 Å². The van der Waals surface area contributed by atoms with Crippen molar-refractivity contribution in [2.45, 2.75) is 13.3 Å². The molecule has 4 heteroatoms. The molecule has 4 aromatic rings. The minimum Gasteiger partial charge on any atom is -0.255 e. The molecule has 150 valence electrons. The number of rotatable bonds is 5. The molecule has 4 rings (SSSR count). The summed E-state index contributed by atoms with van der Waals surface area (Å²) >= 11 is 3.47. The van der Waals surface area contributed by atoms with E-state index in [1.807, 2.05) is 55.7 Å². The highest BCUT2D eigenvalue weighted by Crippen LogP contribution is 2.30. The fourth-order valence-electron chi connectivity index (χ4n) is 3.40. The third kappa shape index (κ3) is 4.96. The van der Waals surface area contributed by atoms with Crippen molar-refractivity contribution in [3.05, 3.63) is 106 Å². The Morgan fingerprint density at radius 3 is 2.45 bits per heavy atom. The van der Waals surface area contributed by atoms with Gasteiger partial charge in [-0.15, -0.1) is 0 Å². The van der Waals surface area contributed by atoms with Gasteiger partial charge < -0.3 is 0 Å². The lowest BCUT2D eigenvalue weighted by Crippen LogP contribution is -1.93. The van der Waals surface area contributed by atoms with Crippen LogP contribution in [-0.2, 0) is 6.42 Å². The molecule has 31 heavy (non-hydrogen) atoms. The lowest BCUT2D eigenvalue weighted by atomic mass is 9.98. The summed E-state index contributed by atoms with van der Waals surface area (Å²) in [7, 11) is 0. The van der Waals surface area contributed by atoms with Gasteiger partial charge in [-0.2, -0.15) is 5.26 Å². The van der Waals surface area contributed by atoms with E-state index in [2.05, 4.69) is 69.5 Å². The first-order valence-corrected chi connectivity index (χ1v) is 10.8. The number of nitriles is 1. The molecule has 0 aliphatic carbocycles. The smallest absolute Gasteiger partial charge is 0.109 e. The van der Waals surface area contributed by atoms with E-state index in [-0.39, 0.29) is 0 Å². The molecule has 0 saturated heterocycles. The SMILES string of the molecule is Cc1cc(-c2ncc(-c3cccc(CC#N)c3)cc2C=Cc2ccccc2)cnc1Br. The Hall–Kier alpha value is -3.55. The van der Waals surface area contributed by atoms with Gasteiger partial charge in [-0.1, -0.05) is 66.7 Å². The predicted octanol–water partition coefficient (Wildman–Crippen LogP) is 7.12. The predicted molar refractivity (Wildman–Crippen MR) is 130 cm³/mol. The number of hydrogen-bond acceptors (Lipinski definition) is 3. The molecule has 0 amide bonds. The van der Waals surface area contributed by atoms with Gasteiger partial charge in [0.1, 0.15) is 4.60 Å². The fraction of sp³-hybridized carbons (Fsp3) is 0.0741. The van der Waals surface area contributed by atoms with Crippen molar-refractivity contribution >= 4 is 28.1 Å². The average Bonchev–Trinajstić information content (AvgIpc) is 2.80. The topological polar surface area (TPSA) is 49.6 Å². The van der Waals surface area contributed by atoms with E-state index in [9.17, 15) is 0 Å². The molecule has 0 aliphatic heterocycles. The van der Waals surface area contributed by atoms with Crippen LogP contribution in [0.2, 0.25) is 0 Å². The number of hydrogen-bond donors (Lipinski definition) is 0. The van der Waals surface area contributed by atoms with E-state index in [1.54, 1.807) is 0 Å². The monoisotopic (exact) mass is 465 g/mol. The summed E-state index contributed by atoms with van der Waals surface area (Å²) in [5, 5.41) is 9.03. The molecule has 0 atom stereocenters. The van der Waals surface area contributed by atoms with Crippen molar-refractivity contribution in [1.82, 2.24) is 9.97 Å². The van der Waals surface area contributed by atoms with E-state index in [4.69, 9.17) is 10.2 Å². The fourth-order valence-corrected chi connectivity index (χ4v) is 3.61. The van der Waals surface area contributed by atoms with Gasteiger partial charge in [0.25, 0.3) is 0 Å². The van der Waals surface area contributed by atoms with Gasteiger partial charge in [0.15, 0.2) is 0 Å². The molecule has 2 aromatic carbocycles. The maximum Gasteiger partial charge on any atom is 0.109 e. The molecular weight excluding hydrogens is 446 g/mol. The zero-order chi connectivity index (χ0) is 21.6. The van der Waals surface area contributed by atoms with Crippen molar-refractivity contribution in [1.29, 1.82) is 5.26 Å². The maximum atomic E-state index is 9.03. The summed E-state index contributed by atoms with van der Waals surface area (Å²) in [6.45, 7) is 2.02. The third-order valence-electron chi connectivity index (χ3n) is 5.00. The maximum absolute atomic E-state index is 9.03. The van der Waals surface area contributed by atoms with Crippen LogP contribution >= 0.6 is 15.9 Å². The zero-order valence-corrected chi connectivity index (χ0v) is 18.7. The van der Waals surface area contributed by atoms with Crippen LogP contribution in [0.25, 0.3) is 34.5 Å². The number of nitrogens with zero attached hydrogens (tertiary/aromatic N) is 3. The van der Waals surface area contributed by atoms with E-state index in [0.29, 0.717) is 6.42 Å². The molecule has 0 N–H and O–H groups in total. The van der Waals surface area contributed by atoms with E-state index in [0.717, 1.165) is 49.2 Å². The van der Waals surface area contributed by atoms with Crippen molar-refractivity contribution in [3.63, 3.8) is 0 Å². The zero-order valence-electron chi connectivity index (χ0n) is 17.1. The van der Waals surface area contributed by atoms with Gasteiger partial charge in [-0.3, -0.25) is 4.98 Å². The average molecular weight is 466 g/mol. The van der Waals surface area contributed by atoms with Gasteiger partial charge in [-0.25, -0.2) is 4.98 Å². The summed E-state index contributed by atoms with van der Waals surface area (Å²) in [6.07, 6.45) is 8.31. The van der Waals surface area contributed by atoms with Crippen LogP contribution in [-0.4, -0.2) is 9.97 Å². The molecule has 0 spiro atoms. The molecule has 0 fully saturated rings. The number of benzene rings is 2. The molecule has 2 heterocycles. The molecule has 0 unspecified atom stereocenters. The van der Waals surface area contributed by atoms with Crippen LogP contribution in [0.3, 0.4) is 0 Å². The molecule has 0 bridgehead atoms. The van der Waals surface area contributed by atoms with Gasteiger partial charge in [0.05, 0.1) is 18.2 Å². The van der Waals surface area contributed by atoms with Crippen molar-refractivity contribution in [3.8, 4) is 28.5 Å². The highest BCUT2D eigenvalue weighted by atomic mass is 79.9. The van der Waals surface area contributed by atoms with Gasteiger partial charge >= 0.3 is 0 Å². The second-order valence-corrected chi connectivity index (χ2v) is 8.02. The van der Waals surface area contributed by atoms with E-state index >= 15 is 0 Å². The number of pyridine rings is 2. The Morgan fingerprint density at radius 2 is 1.68 bits per heavy atom. The number of aromatic nitrogens is 2. The largest absolute Gasteiger partial charge is 0.255 e. The highest BCUT2D eigenvalue weighted by molar-refractivity contribution is 9.10. The normalized spacial score (nSPS) is 10.9. The first kappa shape index (κ1) is 20.7. The lowest BCUT2D eigenvalue weighted by Gasteiger charge is -2.10. The van der Waals surface area contributed by atoms with Crippen LogP contribution in [0, 0.1) is 18.3 Å². The van der Waals surface area contributed by atoms with Crippen LogP contribution in [0.15, 0.2) is 83.7 Å². The Kier molecular flexibility index (Phi) is 6.35. The Balaban J connectivity index is 1.81. The summed E-state index contributed by atoms with van der Waals surface area (Å²) in [4.78, 5) is 9.26. The first-order valence-electron chi connectivity index (χ1n) is 9.96. The van der Waals surface area contributed by atoms with Gasteiger partial charge in [-0.05, 0) is 57.2 Å².